The molecule has 0 aromatic heterocycles. The third-order valence-electron chi connectivity index (χ3n) is 4.11. The van der Waals surface area contributed by atoms with Crippen LogP contribution in [0.15, 0.2) is 30.3 Å². The van der Waals surface area contributed by atoms with Crippen molar-refractivity contribution in [3.8, 4) is 0 Å². The number of nitrogens with one attached hydrogen (secondary N) is 2. The first-order chi connectivity index (χ1) is 11.1. The van der Waals surface area contributed by atoms with Crippen LogP contribution in [0.4, 0.5) is 0 Å². The highest BCUT2D eigenvalue weighted by molar-refractivity contribution is 7.80. The molecular weight excluding hydrogens is 306 g/mol. The number of amides is 1. The standard InChI is InChI=1S/C18H31N3OS/c1-3-14(2)17(21-12-16(19)13-23)18(22)20-11-7-10-15-8-5-4-6-9-15/h4-6,8-9,14,16-17,21,23H,3,7,10-13,19H2,1-2H3,(H,20,22)/t14?,16?,17-/m0/s1. The van der Waals surface area contributed by atoms with Gasteiger partial charge in [-0.25, -0.2) is 0 Å². The van der Waals surface area contributed by atoms with Gasteiger partial charge >= 0.3 is 0 Å². The smallest absolute Gasteiger partial charge is 0.237 e. The summed E-state index contributed by atoms with van der Waals surface area (Å²) in [5.74, 6) is 0.953. The van der Waals surface area contributed by atoms with Gasteiger partial charge in [0.25, 0.3) is 0 Å². The Balaban J connectivity index is 2.37. The van der Waals surface area contributed by atoms with Gasteiger partial charge in [0.05, 0.1) is 6.04 Å². The summed E-state index contributed by atoms with van der Waals surface area (Å²) in [4.78, 5) is 12.4. The summed E-state index contributed by atoms with van der Waals surface area (Å²) in [5.41, 5.74) is 7.18. The van der Waals surface area contributed by atoms with Crippen molar-refractivity contribution in [1.82, 2.24) is 10.6 Å². The average molecular weight is 338 g/mol. The maximum Gasteiger partial charge on any atom is 0.237 e. The van der Waals surface area contributed by atoms with Gasteiger partial charge in [0.15, 0.2) is 0 Å². The largest absolute Gasteiger partial charge is 0.355 e. The first-order valence-electron chi connectivity index (χ1n) is 8.49. The third kappa shape index (κ3) is 7.86. The summed E-state index contributed by atoms with van der Waals surface area (Å²) >= 11 is 4.18. The normalized spacial score (nSPS) is 15.0. The summed E-state index contributed by atoms with van der Waals surface area (Å²) in [6.45, 7) is 5.49. The van der Waals surface area contributed by atoms with E-state index in [1.807, 2.05) is 18.2 Å². The molecule has 4 nitrogen and oxygen atoms in total. The highest BCUT2D eigenvalue weighted by Gasteiger charge is 2.23. The van der Waals surface area contributed by atoms with Crippen LogP contribution in [-0.2, 0) is 11.2 Å². The minimum atomic E-state index is -0.192. The first-order valence-corrected chi connectivity index (χ1v) is 9.13. The van der Waals surface area contributed by atoms with E-state index in [1.54, 1.807) is 0 Å². The molecule has 4 N–H and O–H groups in total. The first kappa shape index (κ1) is 20.0. The van der Waals surface area contributed by atoms with Crippen molar-refractivity contribution in [3.63, 3.8) is 0 Å². The molecule has 0 spiro atoms. The van der Waals surface area contributed by atoms with Crippen molar-refractivity contribution < 1.29 is 4.79 Å². The van der Waals surface area contributed by atoms with Gasteiger partial charge in [-0.3, -0.25) is 4.79 Å². The molecule has 3 atom stereocenters. The summed E-state index contributed by atoms with van der Waals surface area (Å²) in [5, 5.41) is 6.34. The molecule has 1 amide bonds. The molecule has 0 heterocycles. The van der Waals surface area contributed by atoms with Crippen LogP contribution in [0.1, 0.15) is 32.3 Å². The van der Waals surface area contributed by atoms with E-state index in [1.165, 1.54) is 5.56 Å². The molecule has 2 unspecified atom stereocenters. The molecule has 0 saturated heterocycles. The zero-order valence-corrected chi connectivity index (χ0v) is 15.2. The van der Waals surface area contributed by atoms with Crippen LogP contribution < -0.4 is 16.4 Å². The Morgan fingerprint density at radius 3 is 2.61 bits per heavy atom. The van der Waals surface area contributed by atoms with Gasteiger partial charge in [-0.2, -0.15) is 12.6 Å². The van der Waals surface area contributed by atoms with Crippen molar-refractivity contribution in [3.05, 3.63) is 35.9 Å². The van der Waals surface area contributed by atoms with Gasteiger partial charge in [0.1, 0.15) is 0 Å². The minimum Gasteiger partial charge on any atom is -0.355 e. The summed E-state index contributed by atoms with van der Waals surface area (Å²) in [6.07, 6.45) is 2.87. The van der Waals surface area contributed by atoms with E-state index < -0.39 is 0 Å². The van der Waals surface area contributed by atoms with Crippen molar-refractivity contribution in [2.24, 2.45) is 11.7 Å². The Morgan fingerprint density at radius 2 is 2.00 bits per heavy atom. The Bertz CT molecular complexity index is 441. The lowest BCUT2D eigenvalue weighted by molar-refractivity contribution is -0.124. The lowest BCUT2D eigenvalue weighted by Crippen LogP contribution is -2.51. The molecule has 0 bridgehead atoms. The minimum absolute atomic E-state index is 0.0317. The topological polar surface area (TPSA) is 67.1 Å². The van der Waals surface area contributed by atoms with E-state index in [2.05, 4.69) is 49.2 Å². The highest BCUT2D eigenvalue weighted by Crippen LogP contribution is 2.08. The van der Waals surface area contributed by atoms with E-state index in [0.717, 1.165) is 19.3 Å². The van der Waals surface area contributed by atoms with E-state index in [0.29, 0.717) is 18.8 Å². The fraction of sp³-hybridized carbons (Fsp3) is 0.611. The van der Waals surface area contributed by atoms with Crippen LogP contribution >= 0.6 is 12.6 Å². The Hall–Kier alpha value is -1.04. The fourth-order valence-corrected chi connectivity index (χ4v) is 2.52. The number of nitrogens with two attached hydrogens (primary N) is 1. The van der Waals surface area contributed by atoms with Crippen molar-refractivity contribution in [1.29, 1.82) is 0 Å². The van der Waals surface area contributed by atoms with E-state index >= 15 is 0 Å². The second-order valence-electron chi connectivity index (χ2n) is 6.09. The van der Waals surface area contributed by atoms with Gasteiger partial charge in [-0.15, -0.1) is 0 Å². The molecule has 0 aliphatic carbocycles. The van der Waals surface area contributed by atoms with Crippen molar-refractivity contribution in [2.75, 3.05) is 18.8 Å². The quantitative estimate of drug-likeness (QED) is 0.369. The number of hydrogen-bond donors (Lipinski definition) is 4. The molecule has 0 saturated carbocycles. The molecule has 1 aromatic carbocycles. The number of rotatable bonds is 11. The van der Waals surface area contributed by atoms with Gasteiger partial charge in [-0.05, 0) is 24.3 Å². The number of thiol groups is 1. The number of benzene rings is 1. The molecule has 0 aliphatic heterocycles. The maximum atomic E-state index is 12.4. The van der Waals surface area contributed by atoms with E-state index in [9.17, 15) is 4.79 Å². The van der Waals surface area contributed by atoms with Crippen LogP contribution in [0.25, 0.3) is 0 Å². The number of aryl methyl sites for hydroxylation is 1. The molecule has 0 radical (unpaired) electrons. The molecule has 23 heavy (non-hydrogen) atoms. The van der Waals surface area contributed by atoms with Gasteiger partial charge in [0, 0.05) is 24.9 Å². The molecular formula is C18H31N3OS. The molecule has 1 rings (SSSR count). The van der Waals surface area contributed by atoms with Gasteiger partial charge in [0.2, 0.25) is 5.91 Å². The van der Waals surface area contributed by atoms with Gasteiger partial charge < -0.3 is 16.4 Å². The summed E-state index contributed by atoms with van der Waals surface area (Å²) in [7, 11) is 0. The number of carbonyl (C=O) groups excluding carboxylic acids is 1. The zero-order valence-electron chi connectivity index (χ0n) is 14.3. The van der Waals surface area contributed by atoms with Crippen molar-refractivity contribution in [2.45, 2.75) is 45.2 Å². The predicted octanol–water partition coefficient (Wildman–Crippen LogP) is 2.00. The summed E-state index contributed by atoms with van der Waals surface area (Å²) < 4.78 is 0. The van der Waals surface area contributed by atoms with Crippen molar-refractivity contribution >= 4 is 18.5 Å². The molecule has 5 heteroatoms. The second-order valence-corrected chi connectivity index (χ2v) is 6.46. The highest BCUT2D eigenvalue weighted by atomic mass is 32.1. The van der Waals surface area contributed by atoms with Crippen LogP contribution in [-0.4, -0.2) is 36.8 Å². The van der Waals surface area contributed by atoms with Crippen LogP contribution in [0.2, 0.25) is 0 Å². The Morgan fingerprint density at radius 1 is 1.30 bits per heavy atom. The van der Waals surface area contributed by atoms with Crippen LogP contribution in [0.5, 0.6) is 0 Å². The van der Waals surface area contributed by atoms with Crippen LogP contribution in [0, 0.1) is 5.92 Å². The Labute approximate surface area is 146 Å². The maximum absolute atomic E-state index is 12.4. The lowest BCUT2D eigenvalue weighted by atomic mass is 9.98. The molecule has 0 fully saturated rings. The lowest BCUT2D eigenvalue weighted by Gasteiger charge is -2.25. The van der Waals surface area contributed by atoms with E-state index in [4.69, 9.17) is 5.73 Å². The third-order valence-corrected chi connectivity index (χ3v) is 4.58. The number of carbonyl (C=O) groups is 1. The predicted molar refractivity (Wildman–Crippen MR) is 101 cm³/mol. The fourth-order valence-electron chi connectivity index (χ4n) is 2.39. The molecule has 130 valence electrons. The zero-order chi connectivity index (χ0) is 17.1. The number of hydrogen-bond acceptors (Lipinski definition) is 4. The summed E-state index contributed by atoms with van der Waals surface area (Å²) in [6, 6.07) is 10.1. The van der Waals surface area contributed by atoms with Crippen LogP contribution in [0.3, 0.4) is 0 Å². The molecule has 1 aromatic rings. The second kappa shape index (κ2) is 11.5. The monoisotopic (exact) mass is 337 g/mol. The van der Waals surface area contributed by atoms with Gasteiger partial charge in [-0.1, -0.05) is 50.6 Å². The van der Waals surface area contributed by atoms with E-state index in [-0.39, 0.29) is 23.9 Å². The molecule has 0 aliphatic rings. The Kier molecular flexibility index (Phi) is 9.99. The SMILES string of the molecule is CCC(C)[C@H](NCC(N)CS)C(=O)NCCCc1ccccc1. The average Bonchev–Trinajstić information content (AvgIpc) is 2.59.